The first-order valence-electron chi connectivity index (χ1n) is 6.98. The van der Waals surface area contributed by atoms with Gasteiger partial charge in [0.25, 0.3) is 0 Å². The van der Waals surface area contributed by atoms with Crippen molar-refractivity contribution in [2.45, 2.75) is 31.6 Å². The van der Waals surface area contributed by atoms with E-state index in [1.54, 1.807) is 12.1 Å². The normalized spacial score (nSPS) is 20.7. The summed E-state index contributed by atoms with van der Waals surface area (Å²) in [7, 11) is 0. The molecule has 8 heteroatoms. The summed E-state index contributed by atoms with van der Waals surface area (Å²) in [5, 5.41) is 15.6. The van der Waals surface area contributed by atoms with Gasteiger partial charge in [-0.1, -0.05) is 29.8 Å². The molecule has 0 unspecified atom stereocenters. The minimum Gasteiger partial charge on any atom is -0.477 e. The van der Waals surface area contributed by atoms with Gasteiger partial charge in [-0.3, -0.25) is 0 Å². The maximum Gasteiger partial charge on any atom is 0.410 e. The van der Waals surface area contributed by atoms with Crippen LogP contribution in [0.2, 0.25) is 0 Å². The zero-order valence-electron chi connectivity index (χ0n) is 12.1. The Balaban J connectivity index is 2.05. The number of fused-ring (bicyclic) bond motifs is 1. The van der Waals surface area contributed by atoms with Gasteiger partial charge in [-0.15, -0.1) is 0 Å². The molecule has 0 bridgehead atoms. The molecular weight excluding hydrogens is 311 g/mol. The predicted molar refractivity (Wildman–Crippen MR) is 76.4 cm³/mol. The second-order valence-corrected chi connectivity index (χ2v) is 5.56. The monoisotopic (exact) mass is 325 g/mol. The van der Waals surface area contributed by atoms with Crippen LogP contribution in [0.3, 0.4) is 0 Å². The fraction of sp³-hybridized carbons (Fsp3) is 0.333. The van der Waals surface area contributed by atoms with Crippen LogP contribution in [0.4, 0.5) is 19.0 Å². The number of hydrogen-bond acceptors (Lipinski definition) is 3. The van der Waals surface area contributed by atoms with Crippen molar-refractivity contribution in [3.63, 3.8) is 0 Å². The highest BCUT2D eigenvalue weighted by Gasteiger charge is 2.47. The van der Waals surface area contributed by atoms with Crippen LogP contribution in [0.25, 0.3) is 0 Å². The molecule has 0 amide bonds. The van der Waals surface area contributed by atoms with Crippen LogP contribution in [0.1, 0.15) is 40.0 Å². The first-order valence-corrected chi connectivity index (χ1v) is 6.98. The molecule has 0 saturated heterocycles. The molecular formula is C15H14F3N3O2. The Kier molecular flexibility index (Phi) is 3.54. The third-order valence-electron chi connectivity index (χ3n) is 3.95. The van der Waals surface area contributed by atoms with Gasteiger partial charge in [-0.2, -0.15) is 18.3 Å². The number of hydrogen-bond donors (Lipinski definition) is 2. The molecule has 1 aromatic carbocycles. The number of carboxylic acid groups (broad SMARTS) is 1. The molecule has 2 aromatic rings. The zero-order chi connectivity index (χ0) is 16.8. The molecule has 2 atom stereocenters. The number of alkyl halides is 3. The highest BCUT2D eigenvalue weighted by Crippen LogP contribution is 2.44. The fourth-order valence-corrected chi connectivity index (χ4v) is 2.74. The minimum absolute atomic E-state index is 0.114. The van der Waals surface area contributed by atoms with Crippen molar-refractivity contribution < 1.29 is 23.1 Å². The second-order valence-electron chi connectivity index (χ2n) is 5.56. The van der Waals surface area contributed by atoms with Crippen molar-refractivity contribution in [2.75, 3.05) is 5.32 Å². The second kappa shape index (κ2) is 5.29. The topological polar surface area (TPSA) is 67.2 Å². The Morgan fingerprint density at radius 3 is 2.57 bits per heavy atom. The molecule has 23 heavy (non-hydrogen) atoms. The van der Waals surface area contributed by atoms with E-state index >= 15 is 0 Å². The summed E-state index contributed by atoms with van der Waals surface area (Å²) in [5.74, 6) is -1.43. The number of halogens is 3. The van der Waals surface area contributed by atoms with Crippen molar-refractivity contribution in [1.82, 2.24) is 9.78 Å². The van der Waals surface area contributed by atoms with Gasteiger partial charge >= 0.3 is 12.1 Å². The average molecular weight is 325 g/mol. The largest absolute Gasteiger partial charge is 0.477 e. The molecule has 1 aromatic heterocycles. The fourth-order valence-electron chi connectivity index (χ4n) is 2.74. The molecule has 122 valence electrons. The Morgan fingerprint density at radius 1 is 1.35 bits per heavy atom. The van der Waals surface area contributed by atoms with Crippen molar-refractivity contribution >= 4 is 11.8 Å². The molecule has 0 saturated carbocycles. The summed E-state index contributed by atoms with van der Waals surface area (Å²) >= 11 is 0. The van der Waals surface area contributed by atoms with Crippen LogP contribution in [-0.2, 0) is 0 Å². The van der Waals surface area contributed by atoms with E-state index in [-0.39, 0.29) is 17.8 Å². The van der Waals surface area contributed by atoms with E-state index in [1.165, 1.54) is 0 Å². The smallest absolute Gasteiger partial charge is 0.410 e. The molecule has 0 aliphatic carbocycles. The Morgan fingerprint density at radius 2 is 2.00 bits per heavy atom. The van der Waals surface area contributed by atoms with E-state index in [0.717, 1.165) is 11.8 Å². The van der Waals surface area contributed by atoms with Crippen LogP contribution in [0, 0.1) is 6.92 Å². The van der Waals surface area contributed by atoms with Crippen LogP contribution >= 0.6 is 0 Å². The number of carbonyl (C=O) groups is 1. The van der Waals surface area contributed by atoms with Gasteiger partial charge in [-0.25, -0.2) is 9.48 Å². The molecule has 1 aliphatic heterocycles. The van der Waals surface area contributed by atoms with E-state index in [0.29, 0.717) is 10.2 Å². The van der Waals surface area contributed by atoms with E-state index in [1.807, 2.05) is 19.1 Å². The SMILES string of the molecule is Cc1ccc([C@H]2C[C@H](C(F)(F)F)n3ncc(C(=O)O)c3N2)cc1. The summed E-state index contributed by atoms with van der Waals surface area (Å²) < 4.78 is 40.8. The standard InChI is InChI=1S/C15H14F3N3O2/c1-8-2-4-9(5-3-8)11-6-12(15(16,17)18)21-13(20-11)10(7-19-21)14(22)23/h2-5,7,11-12,20H,6H2,1H3,(H,22,23)/t11-,12-/m1/s1. The minimum atomic E-state index is -4.51. The van der Waals surface area contributed by atoms with Gasteiger partial charge in [0.2, 0.25) is 0 Å². The highest BCUT2D eigenvalue weighted by atomic mass is 19.4. The Bertz CT molecular complexity index is 737. The van der Waals surface area contributed by atoms with Crippen molar-refractivity contribution in [3.8, 4) is 0 Å². The predicted octanol–water partition coefficient (Wildman–Crippen LogP) is 3.55. The third-order valence-corrected chi connectivity index (χ3v) is 3.95. The molecule has 2 heterocycles. The third kappa shape index (κ3) is 2.76. The molecule has 3 rings (SSSR count). The van der Waals surface area contributed by atoms with Crippen LogP contribution in [-0.4, -0.2) is 27.0 Å². The number of benzene rings is 1. The average Bonchev–Trinajstić information content (AvgIpc) is 2.89. The van der Waals surface area contributed by atoms with Crippen LogP contribution in [0.5, 0.6) is 0 Å². The van der Waals surface area contributed by atoms with Gasteiger partial charge in [0.1, 0.15) is 11.4 Å². The molecule has 0 spiro atoms. The van der Waals surface area contributed by atoms with E-state index < -0.39 is 24.2 Å². The first kappa shape index (κ1) is 15.4. The number of aromatic carboxylic acids is 1. The maximum absolute atomic E-state index is 13.3. The van der Waals surface area contributed by atoms with Crippen LogP contribution in [0.15, 0.2) is 30.5 Å². The van der Waals surface area contributed by atoms with Crippen LogP contribution < -0.4 is 5.32 Å². The summed E-state index contributed by atoms with van der Waals surface area (Å²) in [6, 6.07) is 4.61. The lowest BCUT2D eigenvalue weighted by Crippen LogP contribution is -2.36. The van der Waals surface area contributed by atoms with E-state index in [9.17, 15) is 18.0 Å². The van der Waals surface area contributed by atoms with E-state index in [4.69, 9.17) is 5.11 Å². The number of carboxylic acids is 1. The number of aryl methyl sites for hydroxylation is 1. The molecule has 1 aliphatic rings. The number of nitrogens with one attached hydrogen (secondary N) is 1. The lowest BCUT2D eigenvalue weighted by atomic mass is 9.96. The Labute approximate surface area is 129 Å². The summed E-state index contributed by atoms with van der Waals surface area (Å²) in [6.45, 7) is 1.88. The quantitative estimate of drug-likeness (QED) is 0.886. The Hall–Kier alpha value is -2.51. The van der Waals surface area contributed by atoms with Gasteiger partial charge < -0.3 is 10.4 Å². The molecule has 2 N–H and O–H groups in total. The number of nitrogens with zero attached hydrogens (tertiary/aromatic N) is 2. The molecule has 0 fully saturated rings. The lowest BCUT2D eigenvalue weighted by molar-refractivity contribution is -0.173. The summed E-state index contributed by atoms with van der Waals surface area (Å²) in [5.41, 5.74) is 1.40. The molecule has 0 radical (unpaired) electrons. The van der Waals surface area contributed by atoms with Gasteiger partial charge in [0, 0.05) is 6.42 Å². The van der Waals surface area contributed by atoms with Crippen molar-refractivity contribution in [3.05, 3.63) is 47.2 Å². The molecule has 5 nitrogen and oxygen atoms in total. The van der Waals surface area contributed by atoms with Crippen molar-refractivity contribution in [2.24, 2.45) is 0 Å². The van der Waals surface area contributed by atoms with Gasteiger partial charge in [0.15, 0.2) is 6.04 Å². The highest BCUT2D eigenvalue weighted by molar-refractivity contribution is 5.93. The zero-order valence-corrected chi connectivity index (χ0v) is 12.1. The summed E-state index contributed by atoms with van der Waals surface area (Å²) in [4.78, 5) is 11.2. The lowest BCUT2D eigenvalue weighted by Gasteiger charge is -2.33. The number of rotatable bonds is 2. The summed E-state index contributed by atoms with van der Waals surface area (Å²) in [6.07, 6.45) is -3.82. The van der Waals surface area contributed by atoms with E-state index in [2.05, 4.69) is 10.4 Å². The number of aromatic nitrogens is 2. The number of anilines is 1. The maximum atomic E-state index is 13.3. The first-order chi connectivity index (χ1) is 10.8. The van der Waals surface area contributed by atoms with Crippen molar-refractivity contribution in [1.29, 1.82) is 0 Å². The van der Waals surface area contributed by atoms with Gasteiger partial charge in [-0.05, 0) is 12.5 Å². The van der Waals surface area contributed by atoms with Gasteiger partial charge in [0.05, 0.1) is 12.2 Å².